The fourth-order valence-electron chi connectivity index (χ4n) is 3.21. The molecule has 2 heteroatoms. The van der Waals surface area contributed by atoms with Gasteiger partial charge in [-0.05, 0) is 30.9 Å². The second kappa shape index (κ2) is 6.83. The molecule has 114 valence electrons. The normalized spacial score (nSPS) is 12.3. The smallest absolute Gasteiger partial charge is 0.0844 e. The summed E-state index contributed by atoms with van der Waals surface area (Å²) >= 11 is 0. The zero-order chi connectivity index (χ0) is 15.4. The molecule has 0 radical (unpaired) electrons. The van der Waals surface area contributed by atoms with E-state index in [9.17, 15) is 0 Å². The Morgan fingerprint density at radius 3 is 3.00 bits per heavy atom. The van der Waals surface area contributed by atoms with Gasteiger partial charge in [0.1, 0.15) is 0 Å². The molecule has 1 aliphatic rings. The van der Waals surface area contributed by atoms with Crippen molar-refractivity contribution in [1.29, 1.82) is 0 Å². The van der Waals surface area contributed by atoms with Gasteiger partial charge in [0, 0.05) is 18.5 Å². The lowest BCUT2D eigenvalue weighted by atomic mass is 9.92. The number of unbranched alkanes of at least 4 members (excludes halogenated alkanes) is 4. The number of rotatable bonds is 4. The summed E-state index contributed by atoms with van der Waals surface area (Å²) in [5.74, 6) is 6.71. The van der Waals surface area contributed by atoms with Crippen LogP contribution < -0.4 is 0 Å². The molecule has 2 aromatic rings. The molecule has 0 aliphatic carbocycles. The average Bonchev–Trinajstić information content (AvgIpc) is 2.94. The molecule has 1 aliphatic heterocycles. The monoisotopic (exact) mass is 292 g/mol. The number of benzene rings is 1. The van der Waals surface area contributed by atoms with Gasteiger partial charge in [0.25, 0.3) is 0 Å². The van der Waals surface area contributed by atoms with Gasteiger partial charge in [-0.1, -0.05) is 56.2 Å². The van der Waals surface area contributed by atoms with Gasteiger partial charge in [-0.25, -0.2) is 0 Å². The Bertz CT molecular complexity index is 713. The molecule has 0 unspecified atom stereocenters. The van der Waals surface area contributed by atoms with Crippen molar-refractivity contribution >= 4 is 0 Å². The van der Waals surface area contributed by atoms with Crippen LogP contribution in [0.5, 0.6) is 0 Å². The second-order valence-corrected chi connectivity index (χ2v) is 6.10. The number of aryl methyl sites for hydroxylation is 3. The van der Waals surface area contributed by atoms with E-state index in [0.717, 1.165) is 24.9 Å². The first-order valence-corrected chi connectivity index (χ1v) is 8.44. The zero-order valence-corrected chi connectivity index (χ0v) is 13.7. The van der Waals surface area contributed by atoms with Gasteiger partial charge in [0.15, 0.2) is 0 Å². The van der Waals surface area contributed by atoms with Crippen LogP contribution >= 0.6 is 0 Å². The first-order valence-electron chi connectivity index (χ1n) is 8.44. The molecule has 0 bridgehead atoms. The van der Waals surface area contributed by atoms with Crippen LogP contribution in [0, 0.1) is 18.8 Å². The molecule has 0 saturated carbocycles. The molecule has 3 rings (SSSR count). The zero-order valence-electron chi connectivity index (χ0n) is 13.7. The van der Waals surface area contributed by atoms with Crippen LogP contribution in [0.1, 0.15) is 55.7 Å². The van der Waals surface area contributed by atoms with E-state index in [2.05, 4.69) is 53.7 Å². The summed E-state index contributed by atoms with van der Waals surface area (Å²) in [6.45, 7) is 5.39. The first-order chi connectivity index (χ1) is 10.8. The lowest BCUT2D eigenvalue weighted by Crippen LogP contribution is -2.13. The largest absolute Gasteiger partial charge is 0.263 e. The van der Waals surface area contributed by atoms with Crippen molar-refractivity contribution in [2.75, 3.05) is 0 Å². The van der Waals surface area contributed by atoms with Crippen LogP contribution in [0.25, 0.3) is 11.3 Å². The molecule has 0 N–H and O–H groups in total. The Balaban J connectivity index is 1.84. The number of hydrogen-bond acceptors (Lipinski definition) is 1. The summed E-state index contributed by atoms with van der Waals surface area (Å²) in [6, 6.07) is 6.57. The fraction of sp³-hybridized carbons (Fsp3) is 0.450. The van der Waals surface area contributed by atoms with Crippen LogP contribution in [-0.2, 0) is 13.0 Å². The molecular formula is C20H24N2. The standard InChI is InChI=1S/C20H24N2/c1-3-4-5-6-7-8-11-18-15-21-22-14-13-17-12-9-10-16(2)19(17)20(18)22/h9-10,12,15H,3-7,13-14H2,1-2H3. The topological polar surface area (TPSA) is 17.8 Å². The molecule has 1 aromatic heterocycles. The summed E-state index contributed by atoms with van der Waals surface area (Å²) in [6.07, 6.45) is 9.09. The van der Waals surface area contributed by atoms with E-state index in [1.165, 1.54) is 48.1 Å². The predicted octanol–water partition coefficient (Wildman–Crippen LogP) is 4.74. The third-order valence-corrected chi connectivity index (χ3v) is 4.41. The van der Waals surface area contributed by atoms with Gasteiger partial charge in [-0.3, -0.25) is 4.68 Å². The van der Waals surface area contributed by atoms with E-state index in [-0.39, 0.29) is 0 Å². The minimum absolute atomic E-state index is 0.962. The summed E-state index contributed by atoms with van der Waals surface area (Å²) < 4.78 is 2.12. The molecule has 1 aromatic carbocycles. The Kier molecular flexibility index (Phi) is 4.63. The van der Waals surface area contributed by atoms with Gasteiger partial charge in [-0.15, -0.1) is 0 Å². The van der Waals surface area contributed by atoms with E-state index >= 15 is 0 Å². The van der Waals surface area contributed by atoms with Gasteiger partial charge in [-0.2, -0.15) is 5.10 Å². The highest BCUT2D eigenvalue weighted by Crippen LogP contribution is 2.34. The minimum atomic E-state index is 0.962. The number of nitrogens with zero attached hydrogens (tertiary/aromatic N) is 2. The van der Waals surface area contributed by atoms with Crippen LogP contribution in [0.15, 0.2) is 24.4 Å². The van der Waals surface area contributed by atoms with E-state index in [0.29, 0.717) is 0 Å². The van der Waals surface area contributed by atoms with E-state index in [1.54, 1.807) is 0 Å². The maximum absolute atomic E-state index is 4.54. The highest BCUT2D eigenvalue weighted by Gasteiger charge is 2.21. The Morgan fingerprint density at radius 1 is 1.23 bits per heavy atom. The number of aromatic nitrogens is 2. The Labute approximate surface area is 133 Å². The highest BCUT2D eigenvalue weighted by molar-refractivity contribution is 5.74. The van der Waals surface area contributed by atoms with Crippen LogP contribution in [-0.4, -0.2) is 9.78 Å². The summed E-state index contributed by atoms with van der Waals surface area (Å²) in [5, 5.41) is 4.54. The number of hydrogen-bond donors (Lipinski definition) is 0. The van der Waals surface area contributed by atoms with Crippen molar-refractivity contribution in [1.82, 2.24) is 9.78 Å². The van der Waals surface area contributed by atoms with E-state index in [4.69, 9.17) is 0 Å². The molecule has 2 heterocycles. The van der Waals surface area contributed by atoms with Crippen LogP contribution in [0.4, 0.5) is 0 Å². The molecule has 0 atom stereocenters. The van der Waals surface area contributed by atoms with Crippen LogP contribution in [0.3, 0.4) is 0 Å². The summed E-state index contributed by atoms with van der Waals surface area (Å²) in [7, 11) is 0. The van der Waals surface area contributed by atoms with Crippen molar-refractivity contribution in [3.05, 3.63) is 41.1 Å². The lowest BCUT2D eigenvalue weighted by molar-refractivity contribution is 0.606. The highest BCUT2D eigenvalue weighted by atomic mass is 15.3. The lowest BCUT2D eigenvalue weighted by Gasteiger charge is -2.20. The Morgan fingerprint density at radius 2 is 2.14 bits per heavy atom. The van der Waals surface area contributed by atoms with Crippen LogP contribution in [0.2, 0.25) is 0 Å². The SMILES string of the molecule is CCCCCCC#Cc1cnn2c1-c1c(C)cccc1CC2. The maximum atomic E-state index is 4.54. The maximum Gasteiger partial charge on any atom is 0.0844 e. The molecule has 2 nitrogen and oxygen atoms in total. The predicted molar refractivity (Wildman–Crippen MR) is 91.7 cm³/mol. The average molecular weight is 292 g/mol. The number of fused-ring (bicyclic) bond motifs is 3. The molecule has 22 heavy (non-hydrogen) atoms. The summed E-state index contributed by atoms with van der Waals surface area (Å²) in [4.78, 5) is 0. The molecule has 0 fully saturated rings. The third kappa shape index (κ3) is 2.95. The van der Waals surface area contributed by atoms with Gasteiger partial charge < -0.3 is 0 Å². The van der Waals surface area contributed by atoms with Crippen molar-refractivity contribution < 1.29 is 0 Å². The third-order valence-electron chi connectivity index (χ3n) is 4.41. The van der Waals surface area contributed by atoms with Crippen molar-refractivity contribution in [2.24, 2.45) is 0 Å². The quantitative estimate of drug-likeness (QED) is 0.588. The molecule has 0 saturated heterocycles. The first kappa shape index (κ1) is 14.9. The van der Waals surface area contributed by atoms with E-state index in [1.807, 2.05) is 6.20 Å². The van der Waals surface area contributed by atoms with E-state index < -0.39 is 0 Å². The van der Waals surface area contributed by atoms with Crippen molar-refractivity contribution in [3.8, 4) is 23.1 Å². The summed E-state index contributed by atoms with van der Waals surface area (Å²) in [5.41, 5.74) is 6.41. The van der Waals surface area contributed by atoms with Crippen molar-refractivity contribution in [3.63, 3.8) is 0 Å². The molecule has 0 amide bonds. The van der Waals surface area contributed by atoms with Gasteiger partial charge in [0.05, 0.1) is 17.5 Å². The molecular weight excluding hydrogens is 268 g/mol. The second-order valence-electron chi connectivity index (χ2n) is 6.10. The fourth-order valence-corrected chi connectivity index (χ4v) is 3.21. The van der Waals surface area contributed by atoms with Gasteiger partial charge >= 0.3 is 0 Å². The Hall–Kier alpha value is -2.01. The van der Waals surface area contributed by atoms with Crippen molar-refractivity contribution in [2.45, 2.75) is 58.9 Å². The van der Waals surface area contributed by atoms with Gasteiger partial charge in [0.2, 0.25) is 0 Å². The molecule has 0 spiro atoms. The minimum Gasteiger partial charge on any atom is -0.263 e.